The third-order valence-corrected chi connectivity index (χ3v) is 8.47. The largest absolute Gasteiger partial charge is 0.497 e. The first-order chi connectivity index (χ1) is 19.1. The van der Waals surface area contributed by atoms with Crippen LogP contribution in [0, 0.1) is 5.92 Å². The SMILES string of the molecule is COc1ccc(CN(C)C[C@H]2Oc3c(NS(=O)(=O)c4ccccc4)cccc3C(=O)N([C@@H](C)CO)C[C@@H]2C)cc1. The fraction of sp³-hybridized carbons (Fsp3) is 0.367. The van der Waals surface area contributed by atoms with Crippen LogP contribution in [-0.4, -0.2) is 75.2 Å². The number of carbonyl (C=O) groups excluding carboxylic acids is 1. The van der Waals surface area contributed by atoms with E-state index in [-0.39, 0.29) is 46.4 Å². The second-order valence-corrected chi connectivity index (χ2v) is 12.0. The van der Waals surface area contributed by atoms with Crippen molar-refractivity contribution in [1.82, 2.24) is 9.80 Å². The van der Waals surface area contributed by atoms with Gasteiger partial charge in [0.1, 0.15) is 11.9 Å². The molecule has 0 radical (unpaired) electrons. The number of carbonyl (C=O) groups is 1. The van der Waals surface area contributed by atoms with Gasteiger partial charge in [-0.25, -0.2) is 8.42 Å². The Morgan fingerprint density at radius 3 is 2.45 bits per heavy atom. The van der Waals surface area contributed by atoms with Gasteiger partial charge in [-0.05, 0) is 55.9 Å². The maximum Gasteiger partial charge on any atom is 0.262 e. The van der Waals surface area contributed by atoms with E-state index >= 15 is 0 Å². The second-order valence-electron chi connectivity index (χ2n) is 10.3. The summed E-state index contributed by atoms with van der Waals surface area (Å²) in [7, 11) is -0.315. The van der Waals surface area contributed by atoms with Gasteiger partial charge >= 0.3 is 0 Å². The number of methoxy groups -OCH3 is 1. The molecule has 4 rings (SSSR count). The zero-order valence-electron chi connectivity index (χ0n) is 23.3. The summed E-state index contributed by atoms with van der Waals surface area (Å²) in [4.78, 5) is 17.5. The van der Waals surface area contributed by atoms with Crippen LogP contribution >= 0.6 is 0 Å². The molecule has 10 heteroatoms. The van der Waals surface area contributed by atoms with E-state index in [2.05, 4.69) is 9.62 Å². The van der Waals surface area contributed by atoms with Crippen molar-refractivity contribution < 1.29 is 27.8 Å². The topological polar surface area (TPSA) is 108 Å². The van der Waals surface area contributed by atoms with Gasteiger partial charge in [-0.2, -0.15) is 0 Å². The number of aliphatic hydroxyl groups excluding tert-OH is 1. The predicted molar refractivity (Wildman–Crippen MR) is 154 cm³/mol. The molecule has 0 saturated heterocycles. The van der Waals surface area contributed by atoms with Crippen molar-refractivity contribution in [3.63, 3.8) is 0 Å². The van der Waals surface area contributed by atoms with Gasteiger partial charge in [0.25, 0.3) is 15.9 Å². The third kappa shape index (κ3) is 6.75. The van der Waals surface area contributed by atoms with Crippen LogP contribution in [0.25, 0.3) is 0 Å². The number of nitrogens with zero attached hydrogens (tertiary/aromatic N) is 2. The van der Waals surface area contributed by atoms with Gasteiger partial charge < -0.3 is 19.5 Å². The van der Waals surface area contributed by atoms with E-state index in [1.807, 2.05) is 38.2 Å². The van der Waals surface area contributed by atoms with Crippen LogP contribution in [-0.2, 0) is 16.6 Å². The predicted octanol–water partition coefficient (Wildman–Crippen LogP) is 3.85. The molecule has 3 atom stereocenters. The monoisotopic (exact) mass is 567 g/mol. The quantitative estimate of drug-likeness (QED) is 0.383. The number of para-hydroxylation sites is 1. The molecule has 3 aromatic carbocycles. The summed E-state index contributed by atoms with van der Waals surface area (Å²) < 4.78 is 40.8. The first kappa shape index (κ1) is 29.4. The average molecular weight is 568 g/mol. The van der Waals surface area contributed by atoms with E-state index in [4.69, 9.17) is 9.47 Å². The van der Waals surface area contributed by atoms with Gasteiger partial charge in [0, 0.05) is 25.6 Å². The Kier molecular flexibility index (Phi) is 9.34. The van der Waals surface area contributed by atoms with Crippen molar-refractivity contribution in [1.29, 1.82) is 0 Å². The van der Waals surface area contributed by atoms with Crippen LogP contribution < -0.4 is 14.2 Å². The van der Waals surface area contributed by atoms with Gasteiger partial charge in [0.15, 0.2) is 5.75 Å². The summed E-state index contributed by atoms with van der Waals surface area (Å²) in [6.07, 6.45) is -0.383. The van der Waals surface area contributed by atoms with Crippen LogP contribution in [0.2, 0.25) is 0 Å². The molecular formula is C30H37N3O6S. The van der Waals surface area contributed by atoms with Crippen molar-refractivity contribution >= 4 is 21.6 Å². The lowest BCUT2D eigenvalue weighted by atomic mass is 9.99. The normalized spacial score (nSPS) is 18.4. The number of aliphatic hydroxyl groups is 1. The fourth-order valence-electron chi connectivity index (χ4n) is 4.76. The van der Waals surface area contributed by atoms with Gasteiger partial charge in [0.05, 0.1) is 35.9 Å². The van der Waals surface area contributed by atoms with Crippen LogP contribution in [0.4, 0.5) is 5.69 Å². The summed E-state index contributed by atoms with van der Waals surface area (Å²) in [5.74, 6) is 0.516. The third-order valence-electron chi connectivity index (χ3n) is 7.09. The number of rotatable bonds is 10. The lowest BCUT2D eigenvalue weighted by Gasteiger charge is -2.38. The molecule has 40 heavy (non-hydrogen) atoms. The van der Waals surface area contributed by atoms with Gasteiger partial charge in [-0.3, -0.25) is 14.4 Å². The fourth-order valence-corrected chi connectivity index (χ4v) is 5.84. The number of anilines is 1. The maximum atomic E-state index is 13.7. The van der Waals surface area contributed by atoms with Crippen LogP contribution in [0.15, 0.2) is 77.7 Å². The molecule has 1 amide bonds. The standard InChI is InChI=1S/C30H37N3O6S/c1-21-17-33(22(2)20-34)30(35)26-11-8-12-27(31-40(36,37)25-9-6-5-7-10-25)29(26)39-28(21)19-32(3)18-23-13-15-24(38-4)16-14-23/h5-16,21-22,28,31,34H,17-20H2,1-4H3/t21-,22-,28+/m0/s1. The highest BCUT2D eigenvalue weighted by Crippen LogP contribution is 2.36. The molecule has 214 valence electrons. The van der Waals surface area contributed by atoms with Crippen molar-refractivity contribution in [2.45, 2.75) is 37.4 Å². The minimum Gasteiger partial charge on any atom is -0.497 e. The van der Waals surface area contributed by atoms with E-state index in [1.54, 1.807) is 55.3 Å². The molecule has 0 bridgehead atoms. The highest BCUT2D eigenvalue weighted by atomic mass is 32.2. The first-order valence-corrected chi connectivity index (χ1v) is 14.7. The summed E-state index contributed by atoms with van der Waals surface area (Å²) in [6.45, 7) is 5.14. The minimum absolute atomic E-state index is 0.101. The summed E-state index contributed by atoms with van der Waals surface area (Å²) in [5.41, 5.74) is 1.52. The molecule has 1 aliphatic rings. The Morgan fingerprint density at radius 2 is 1.80 bits per heavy atom. The highest BCUT2D eigenvalue weighted by molar-refractivity contribution is 7.92. The molecule has 0 saturated carbocycles. The van der Waals surface area contributed by atoms with Crippen LogP contribution in [0.5, 0.6) is 11.5 Å². The maximum absolute atomic E-state index is 13.7. The van der Waals surface area contributed by atoms with E-state index in [0.29, 0.717) is 19.6 Å². The molecule has 0 spiro atoms. The Morgan fingerprint density at radius 1 is 1.10 bits per heavy atom. The van der Waals surface area contributed by atoms with Crippen molar-refractivity contribution in [3.8, 4) is 11.5 Å². The molecular weight excluding hydrogens is 530 g/mol. The Hall–Kier alpha value is -3.60. The molecule has 2 N–H and O–H groups in total. The molecule has 1 aliphatic heterocycles. The average Bonchev–Trinajstić information content (AvgIpc) is 2.95. The highest BCUT2D eigenvalue weighted by Gasteiger charge is 2.35. The number of nitrogens with one attached hydrogen (secondary N) is 1. The van der Waals surface area contributed by atoms with Gasteiger partial charge in [-0.1, -0.05) is 43.3 Å². The number of fused-ring (bicyclic) bond motifs is 1. The molecule has 0 fully saturated rings. The molecule has 0 aliphatic carbocycles. The number of amides is 1. The van der Waals surface area contributed by atoms with E-state index in [9.17, 15) is 18.3 Å². The first-order valence-electron chi connectivity index (χ1n) is 13.2. The van der Waals surface area contributed by atoms with Gasteiger partial charge in [-0.15, -0.1) is 0 Å². The van der Waals surface area contributed by atoms with E-state index in [0.717, 1.165) is 11.3 Å². The van der Waals surface area contributed by atoms with Crippen LogP contribution in [0.3, 0.4) is 0 Å². The number of hydrogen-bond donors (Lipinski definition) is 2. The lowest BCUT2D eigenvalue weighted by Crippen LogP contribution is -2.49. The zero-order valence-corrected chi connectivity index (χ0v) is 24.1. The number of likely N-dealkylation sites (N-methyl/N-ethyl adjacent to an activating group) is 1. The smallest absolute Gasteiger partial charge is 0.262 e. The summed E-state index contributed by atoms with van der Waals surface area (Å²) >= 11 is 0. The molecule has 0 unspecified atom stereocenters. The Bertz CT molecular complexity index is 1400. The molecule has 0 aromatic heterocycles. The van der Waals surface area contributed by atoms with E-state index in [1.165, 1.54) is 12.1 Å². The zero-order chi connectivity index (χ0) is 28.9. The van der Waals surface area contributed by atoms with E-state index < -0.39 is 16.1 Å². The molecule has 3 aromatic rings. The molecule has 9 nitrogen and oxygen atoms in total. The molecule has 1 heterocycles. The number of sulfonamides is 1. The summed E-state index contributed by atoms with van der Waals surface area (Å²) in [5, 5.41) is 9.91. The lowest BCUT2D eigenvalue weighted by molar-refractivity contribution is 0.0344. The number of hydrogen-bond acceptors (Lipinski definition) is 7. The summed E-state index contributed by atoms with van der Waals surface area (Å²) in [6, 6.07) is 20.3. The number of ether oxygens (including phenoxy) is 2. The van der Waals surface area contributed by atoms with Crippen LogP contribution in [0.1, 0.15) is 29.8 Å². The minimum atomic E-state index is -3.94. The van der Waals surface area contributed by atoms with Crippen molar-refractivity contribution in [2.75, 3.05) is 38.6 Å². The van der Waals surface area contributed by atoms with Crippen molar-refractivity contribution in [3.05, 3.63) is 83.9 Å². The second kappa shape index (κ2) is 12.7. The Labute approximate surface area is 236 Å². The Balaban J connectivity index is 1.68. The van der Waals surface area contributed by atoms with Crippen molar-refractivity contribution in [2.24, 2.45) is 5.92 Å². The number of benzene rings is 3. The van der Waals surface area contributed by atoms with Gasteiger partial charge in [0.2, 0.25) is 0 Å².